The van der Waals surface area contributed by atoms with Crippen LogP contribution in [0.5, 0.6) is 0 Å². The Kier molecular flexibility index (Phi) is 4.19. The smallest absolute Gasteiger partial charge is 0.273 e. The number of piperidine rings is 1. The first kappa shape index (κ1) is 15.8. The molecule has 1 atom stereocenters. The first-order valence-corrected chi connectivity index (χ1v) is 8.52. The van der Waals surface area contributed by atoms with Gasteiger partial charge in [-0.05, 0) is 54.8 Å². The van der Waals surface area contributed by atoms with Crippen LogP contribution >= 0.6 is 0 Å². The highest BCUT2D eigenvalue weighted by Gasteiger charge is 2.42. The molecule has 1 aromatic carbocycles. The number of aromatic nitrogens is 1. The van der Waals surface area contributed by atoms with Gasteiger partial charge >= 0.3 is 0 Å². The Morgan fingerprint density at radius 1 is 1.20 bits per heavy atom. The Bertz CT molecular complexity index is 798. The van der Waals surface area contributed by atoms with Gasteiger partial charge in [-0.2, -0.15) is 0 Å². The van der Waals surface area contributed by atoms with E-state index in [-0.39, 0.29) is 11.5 Å². The van der Waals surface area contributed by atoms with Crippen molar-refractivity contribution in [1.82, 2.24) is 10.3 Å². The van der Waals surface area contributed by atoms with Crippen molar-refractivity contribution < 1.29 is 9.63 Å². The van der Waals surface area contributed by atoms with Crippen molar-refractivity contribution in [3.63, 3.8) is 0 Å². The number of pyridine rings is 1. The Morgan fingerprint density at radius 2 is 2.08 bits per heavy atom. The number of nitrogens with zero attached hydrogens (tertiary/aromatic N) is 2. The fourth-order valence-electron chi connectivity index (χ4n) is 3.34. The van der Waals surface area contributed by atoms with Crippen molar-refractivity contribution in [1.29, 1.82) is 0 Å². The minimum absolute atomic E-state index is 0.200. The third-order valence-corrected chi connectivity index (χ3v) is 4.67. The number of amides is 1. The molecule has 0 saturated carbocycles. The van der Waals surface area contributed by atoms with Crippen molar-refractivity contribution in [2.45, 2.75) is 24.9 Å². The summed E-state index contributed by atoms with van der Waals surface area (Å²) in [6.07, 6.45) is 6.03. The van der Waals surface area contributed by atoms with Gasteiger partial charge in [-0.1, -0.05) is 17.3 Å². The van der Waals surface area contributed by atoms with Gasteiger partial charge in [0.2, 0.25) is 0 Å². The second-order valence-corrected chi connectivity index (χ2v) is 6.54. The lowest BCUT2D eigenvalue weighted by atomic mass is 9.89. The van der Waals surface area contributed by atoms with Crippen molar-refractivity contribution in [2.75, 3.05) is 18.4 Å². The average molecular weight is 336 g/mol. The Morgan fingerprint density at radius 3 is 2.88 bits per heavy atom. The number of benzene rings is 1. The van der Waals surface area contributed by atoms with Crippen LogP contribution in [-0.2, 0) is 9.63 Å². The minimum Gasteiger partial charge on any atom is -0.387 e. The molecule has 1 spiro atoms. The summed E-state index contributed by atoms with van der Waals surface area (Å²) in [7, 11) is 0. The zero-order chi connectivity index (χ0) is 17.1. The number of anilines is 1. The molecule has 3 heterocycles. The predicted molar refractivity (Wildman–Crippen MR) is 96.3 cm³/mol. The zero-order valence-electron chi connectivity index (χ0n) is 13.9. The van der Waals surface area contributed by atoms with Gasteiger partial charge in [0.25, 0.3) is 5.91 Å². The standard InChI is InChI=1S/C19H20N4O2/c24-18(17-12-19(25-23-17)7-2-8-21-13-19)22-16-4-1-3-15(11-16)14-5-9-20-10-6-14/h1,3-6,9-11,21H,2,7-8,12-13H2,(H,22,24). The monoisotopic (exact) mass is 336 g/mol. The van der Waals surface area contributed by atoms with Crippen molar-refractivity contribution in [3.05, 3.63) is 48.8 Å². The van der Waals surface area contributed by atoms with E-state index < -0.39 is 0 Å². The van der Waals surface area contributed by atoms with Crippen molar-refractivity contribution in [2.24, 2.45) is 5.16 Å². The molecule has 6 heteroatoms. The van der Waals surface area contributed by atoms with Gasteiger partial charge in [-0.25, -0.2) is 0 Å². The molecular formula is C19H20N4O2. The van der Waals surface area contributed by atoms with Crippen molar-refractivity contribution >= 4 is 17.3 Å². The molecule has 1 aromatic heterocycles. The molecule has 1 fully saturated rings. The van der Waals surface area contributed by atoms with Gasteiger partial charge in [-0.3, -0.25) is 9.78 Å². The minimum atomic E-state index is -0.343. The lowest BCUT2D eigenvalue weighted by molar-refractivity contribution is -0.110. The largest absolute Gasteiger partial charge is 0.387 e. The van der Waals surface area contributed by atoms with E-state index in [1.54, 1.807) is 12.4 Å². The van der Waals surface area contributed by atoms with E-state index in [1.165, 1.54) is 0 Å². The summed E-state index contributed by atoms with van der Waals surface area (Å²) in [6.45, 7) is 1.74. The maximum absolute atomic E-state index is 12.5. The van der Waals surface area contributed by atoms with Crippen LogP contribution in [0.25, 0.3) is 11.1 Å². The number of hydrogen-bond donors (Lipinski definition) is 2. The SMILES string of the molecule is O=C(Nc1cccc(-c2ccncc2)c1)C1=NOC2(CCCNC2)C1. The first-order valence-electron chi connectivity index (χ1n) is 8.52. The van der Waals surface area contributed by atoms with Crippen LogP contribution in [0.3, 0.4) is 0 Å². The molecule has 2 aliphatic heterocycles. The Hall–Kier alpha value is -2.73. The Balaban J connectivity index is 1.45. The van der Waals surface area contributed by atoms with E-state index in [0.29, 0.717) is 12.1 Å². The average Bonchev–Trinajstić information content (AvgIpc) is 3.07. The summed E-state index contributed by atoms with van der Waals surface area (Å²) >= 11 is 0. The van der Waals surface area contributed by atoms with Crippen LogP contribution in [0.2, 0.25) is 0 Å². The molecule has 2 aromatic rings. The molecule has 0 bridgehead atoms. The molecule has 25 heavy (non-hydrogen) atoms. The summed E-state index contributed by atoms with van der Waals surface area (Å²) in [5.41, 5.74) is 2.93. The highest BCUT2D eigenvalue weighted by atomic mass is 16.7. The third kappa shape index (κ3) is 3.39. The van der Waals surface area contributed by atoms with Gasteiger partial charge in [-0.15, -0.1) is 0 Å². The molecular weight excluding hydrogens is 316 g/mol. The molecule has 2 N–H and O–H groups in total. The quantitative estimate of drug-likeness (QED) is 0.903. The topological polar surface area (TPSA) is 75.6 Å². The van der Waals surface area contributed by atoms with Crippen molar-refractivity contribution in [3.8, 4) is 11.1 Å². The molecule has 1 amide bonds. The van der Waals surface area contributed by atoms with Crippen LogP contribution in [-0.4, -0.2) is 35.3 Å². The molecule has 2 aliphatic rings. The molecule has 1 unspecified atom stereocenters. The maximum atomic E-state index is 12.5. The summed E-state index contributed by atoms with van der Waals surface area (Å²) in [5.74, 6) is -0.200. The fourth-order valence-corrected chi connectivity index (χ4v) is 3.34. The second-order valence-electron chi connectivity index (χ2n) is 6.54. The molecule has 4 rings (SSSR count). The fraction of sp³-hybridized carbons (Fsp3) is 0.316. The number of nitrogens with one attached hydrogen (secondary N) is 2. The first-order chi connectivity index (χ1) is 12.2. The number of rotatable bonds is 3. The summed E-state index contributed by atoms with van der Waals surface area (Å²) in [4.78, 5) is 22.2. The highest BCUT2D eigenvalue weighted by molar-refractivity contribution is 6.43. The molecule has 128 valence electrons. The lowest BCUT2D eigenvalue weighted by Crippen LogP contribution is -2.46. The Labute approximate surface area is 146 Å². The van der Waals surface area contributed by atoms with Gasteiger partial charge in [0, 0.05) is 31.0 Å². The van der Waals surface area contributed by atoms with Gasteiger partial charge in [0.05, 0.1) is 0 Å². The molecule has 0 aliphatic carbocycles. The van der Waals surface area contributed by atoms with E-state index >= 15 is 0 Å². The lowest BCUT2D eigenvalue weighted by Gasteiger charge is -2.30. The maximum Gasteiger partial charge on any atom is 0.273 e. The van der Waals surface area contributed by atoms with E-state index in [4.69, 9.17) is 4.84 Å². The molecule has 1 saturated heterocycles. The third-order valence-electron chi connectivity index (χ3n) is 4.67. The number of carbonyl (C=O) groups is 1. The number of oxime groups is 1. The molecule has 6 nitrogen and oxygen atoms in total. The summed E-state index contributed by atoms with van der Waals surface area (Å²) in [6, 6.07) is 11.6. The van der Waals surface area contributed by atoms with Crippen LogP contribution in [0.15, 0.2) is 53.9 Å². The van der Waals surface area contributed by atoms with E-state index in [1.807, 2.05) is 36.4 Å². The summed E-state index contributed by atoms with van der Waals surface area (Å²) < 4.78 is 0. The van der Waals surface area contributed by atoms with E-state index in [0.717, 1.165) is 42.7 Å². The van der Waals surface area contributed by atoms with Gasteiger partial charge in [0.15, 0.2) is 5.60 Å². The highest BCUT2D eigenvalue weighted by Crippen LogP contribution is 2.31. The summed E-state index contributed by atoms with van der Waals surface area (Å²) in [5, 5.41) is 10.3. The van der Waals surface area contributed by atoms with E-state index in [9.17, 15) is 4.79 Å². The zero-order valence-corrected chi connectivity index (χ0v) is 13.9. The molecule has 0 radical (unpaired) electrons. The van der Waals surface area contributed by atoms with Crippen LogP contribution in [0.1, 0.15) is 19.3 Å². The number of hydrogen-bond acceptors (Lipinski definition) is 5. The van der Waals surface area contributed by atoms with Crippen LogP contribution < -0.4 is 10.6 Å². The van der Waals surface area contributed by atoms with Crippen LogP contribution in [0, 0.1) is 0 Å². The second kappa shape index (κ2) is 6.64. The normalized spacial score (nSPS) is 22.3. The number of carbonyl (C=O) groups excluding carboxylic acids is 1. The van der Waals surface area contributed by atoms with Gasteiger partial charge < -0.3 is 15.5 Å². The van der Waals surface area contributed by atoms with Crippen LogP contribution in [0.4, 0.5) is 5.69 Å². The van der Waals surface area contributed by atoms with Gasteiger partial charge in [0.1, 0.15) is 5.71 Å². The van der Waals surface area contributed by atoms with E-state index in [2.05, 4.69) is 20.8 Å². The predicted octanol–water partition coefficient (Wildman–Crippen LogP) is 2.59.